The standard InChI is InChI=1S/C12H10Cl2INO3S/c13-6-3-7(10(15)8(14)4-6)11(17)16-1-2-20-5-9(16)12(18)19/h3-4,9H,1-2,5H2,(H,18,19). The highest BCUT2D eigenvalue weighted by Crippen LogP contribution is 2.29. The van der Waals surface area contributed by atoms with Crippen molar-refractivity contribution in [1.82, 2.24) is 4.90 Å². The van der Waals surface area contributed by atoms with E-state index >= 15 is 0 Å². The molecule has 1 heterocycles. The Kier molecular flexibility index (Phi) is 5.44. The first kappa shape index (κ1) is 16.2. The minimum atomic E-state index is -0.992. The largest absolute Gasteiger partial charge is 0.480 e. The van der Waals surface area contributed by atoms with Crippen LogP contribution in [0.25, 0.3) is 0 Å². The maximum Gasteiger partial charge on any atom is 0.327 e. The van der Waals surface area contributed by atoms with Crippen molar-refractivity contribution >= 4 is 69.4 Å². The summed E-state index contributed by atoms with van der Waals surface area (Å²) in [7, 11) is 0. The molecule has 1 atom stereocenters. The molecule has 1 aliphatic rings. The molecule has 1 unspecified atom stereocenters. The number of amides is 1. The van der Waals surface area contributed by atoms with E-state index in [0.29, 0.717) is 31.5 Å². The summed E-state index contributed by atoms with van der Waals surface area (Å²) in [6.07, 6.45) is 0. The molecule has 0 saturated carbocycles. The van der Waals surface area contributed by atoms with Gasteiger partial charge in [0.05, 0.1) is 10.6 Å². The van der Waals surface area contributed by atoms with Crippen LogP contribution in [-0.4, -0.2) is 46.0 Å². The SMILES string of the molecule is O=C(O)C1CSCCN1C(=O)c1cc(Cl)cc(Cl)c1I. The molecule has 0 aliphatic carbocycles. The van der Waals surface area contributed by atoms with Crippen LogP contribution in [0.2, 0.25) is 10.0 Å². The Balaban J connectivity index is 2.37. The average molecular weight is 446 g/mol. The van der Waals surface area contributed by atoms with Gasteiger partial charge in [-0.15, -0.1) is 0 Å². The summed E-state index contributed by atoms with van der Waals surface area (Å²) in [5.41, 5.74) is 0.348. The predicted molar refractivity (Wildman–Crippen MR) is 89.0 cm³/mol. The van der Waals surface area contributed by atoms with E-state index in [0.717, 1.165) is 5.75 Å². The van der Waals surface area contributed by atoms with Crippen molar-refractivity contribution in [3.8, 4) is 0 Å². The molecule has 0 spiro atoms. The highest BCUT2D eigenvalue weighted by atomic mass is 127. The number of carboxylic acids is 1. The van der Waals surface area contributed by atoms with E-state index in [4.69, 9.17) is 23.2 Å². The molecular formula is C12H10Cl2INO3S. The van der Waals surface area contributed by atoms with Gasteiger partial charge in [0.1, 0.15) is 6.04 Å². The van der Waals surface area contributed by atoms with Gasteiger partial charge in [-0.2, -0.15) is 11.8 Å². The van der Waals surface area contributed by atoms with Gasteiger partial charge in [-0.1, -0.05) is 23.2 Å². The Morgan fingerprint density at radius 3 is 2.75 bits per heavy atom. The first-order valence-corrected chi connectivity index (χ1v) is 8.67. The van der Waals surface area contributed by atoms with Crippen molar-refractivity contribution < 1.29 is 14.7 Å². The molecule has 0 bridgehead atoms. The van der Waals surface area contributed by atoms with Crippen LogP contribution in [0.3, 0.4) is 0 Å². The molecule has 1 N–H and O–H groups in total. The first-order valence-electron chi connectivity index (χ1n) is 5.68. The fraction of sp³-hybridized carbons (Fsp3) is 0.333. The lowest BCUT2D eigenvalue weighted by molar-refractivity contribution is -0.141. The predicted octanol–water partition coefficient (Wildman–Crippen LogP) is 3.24. The van der Waals surface area contributed by atoms with Crippen molar-refractivity contribution in [3.05, 3.63) is 31.3 Å². The summed E-state index contributed by atoms with van der Waals surface area (Å²) >= 11 is 15.4. The van der Waals surface area contributed by atoms with E-state index < -0.39 is 12.0 Å². The fourth-order valence-corrected chi connectivity index (χ4v) is 3.99. The summed E-state index contributed by atoms with van der Waals surface area (Å²) in [4.78, 5) is 25.2. The topological polar surface area (TPSA) is 57.6 Å². The van der Waals surface area contributed by atoms with E-state index in [2.05, 4.69) is 0 Å². The highest BCUT2D eigenvalue weighted by molar-refractivity contribution is 14.1. The van der Waals surface area contributed by atoms with E-state index in [1.165, 1.54) is 22.7 Å². The Hall–Kier alpha value is -0.180. The quantitative estimate of drug-likeness (QED) is 0.560. The number of hydrogen-bond donors (Lipinski definition) is 1. The lowest BCUT2D eigenvalue weighted by atomic mass is 10.1. The second-order valence-electron chi connectivity index (χ2n) is 4.18. The molecule has 0 aromatic heterocycles. The summed E-state index contributed by atoms with van der Waals surface area (Å²) in [5.74, 6) is -0.216. The lowest BCUT2D eigenvalue weighted by Crippen LogP contribution is -2.50. The van der Waals surface area contributed by atoms with Gasteiger partial charge in [0.25, 0.3) is 5.91 Å². The summed E-state index contributed by atoms with van der Waals surface area (Å²) in [6, 6.07) is 2.27. The third kappa shape index (κ3) is 3.35. The van der Waals surface area contributed by atoms with Crippen LogP contribution in [-0.2, 0) is 4.79 Å². The summed E-state index contributed by atoms with van der Waals surface area (Å²) in [5, 5.41) is 9.97. The number of carbonyl (C=O) groups is 2. The highest BCUT2D eigenvalue weighted by Gasteiger charge is 2.33. The molecule has 1 aliphatic heterocycles. The molecule has 1 amide bonds. The molecule has 1 aromatic carbocycles. The zero-order valence-corrected chi connectivity index (χ0v) is 14.6. The zero-order valence-electron chi connectivity index (χ0n) is 10.1. The second kappa shape index (κ2) is 6.72. The summed E-state index contributed by atoms with van der Waals surface area (Å²) < 4.78 is 0.584. The molecule has 1 aromatic rings. The number of rotatable bonds is 2. The van der Waals surface area contributed by atoms with Gasteiger partial charge >= 0.3 is 5.97 Å². The molecule has 1 fully saturated rings. The zero-order chi connectivity index (χ0) is 14.9. The number of benzene rings is 1. The Morgan fingerprint density at radius 2 is 2.10 bits per heavy atom. The van der Waals surface area contributed by atoms with Gasteiger partial charge in [0.15, 0.2) is 0 Å². The van der Waals surface area contributed by atoms with Crippen molar-refractivity contribution in [2.24, 2.45) is 0 Å². The van der Waals surface area contributed by atoms with Gasteiger partial charge in [0, 0.05) is 26.6 Å². The van der Waals surface area contributed by atoms with Crippen molar-refractivity contribution in [1.29, 1.82) is 0 Å². The van der Waals surface area contributed by atoms with E-state index in [9.17, 15) is 14.7 Å². The number of carboxylic acid groups (broad SMARTS) is 1. The molecule has 1 saturated heterocycles. The number of nitrogens with zero attached hydrogens (tertiary/aromatic N) is 1. The summed E-state index contributed by atoms with van der Waals surface area (Å²) in [6.45, 7) is 0.403. The number of aliphatic carboxylic acids is 1. The van der Waals surface area contributed by atoms with E-state index in [1.54, 1.807) is 6.07 Å². The van der Waals surface area contributed by atoms with Crippen LogP contribution in [0.4, 0.5) is 0 Å². The van der Waals surface area contributed by atoms with Gasteiger partial charge < -0.3 is 10.0 Å². The molecular weight excluding hydrogens is 436 g/mol. The van der Waals surface area contributed by atoms with E-state index in [-0.39, 0.29) is 5.91 Å². The fourth-order valence-electron chi connectivity index (χ4n) is 1.92. The van der Waals surface area contributed by atoms with Crippen LogP contribution in [0.15, 0.2) is 12.1 Å². The third-order valence-corrected chi connectivity index (χ3v) is 5.92. The Bertz CT molecular complexity index is 570. The molecule has 2 rings (SSSR count). The maximum atomic E-state index is 12.6. The average Bonchev–Trinajstić information content (AvgIpc) is 2.42. The molecule has 4 nitrogen and oxygen atoms in total. The van der Waals surface area contributed by atoms with Crippen molar-refractivity contribution in [3.63, 3.8) is 0 Å². The molecule has 20 heavy (non-hydrogen) atoms. The smallest absolute Gasteiger partial charge is 0.327 e. The third-order valence-electron chi connectivity index (χ3n) is 2.90. The Morgan fingerprint density at radius 1 is 1.40 bits per heavy atom. The van der Waals surface area contributed by atoms with Crippen LogP contribution < -0.4 is 0 Å². The minimum absolute atomic E-state index is 0.341. The second-order valence-corrected chi connectivity index (χ2v) is 7.25. The number of carbonyl (C=O) groups excluding carboxylic acids is 1. The first-order chi connectivity index (χ1) is 9.41. The van der Waals surface area contributed by atoms with Gasteiger partial charge in [-0.3, -0.25) is 4.79 Å². The molecule has 0 radical (unpaired) electrons. The van der Waals surface area contributed by atoms with Crippen molar-refractivity contribution in [2.75, 3.05) is 18.1 Å². The lowest BCUT2D eigenvalue weighted by Gasteiger charge is -2.33. The van der Waals surface area contributed by atoms with Crippen LogP contribution in [0.5, 0.6) is 0 Å². The van der Waals surface area contributed by atoms with Crippen LogP contribution in [0.1, 0.15) is 10.4 Å². The van der Waals surface area contributed by atoms with E-state index in [1.807, 2.05) is 22.6 Å². The monoisotopic (exact) mass is 445 g/mol. The van der Waals surface area contributed by atoms with Crippen LogP contribution >= 0.6 is 57.6 Å². The molecule has 8 heteroatoms. The van der Waals surface area contributed by atoms with Gasteiger partial charge in [-0.05, 0) is 34.7 Å². The van der Waals surface area contributed by atoms with Crippen LogP contribution in [0, 0.1) is 3.57 Å². The molecule has 108 valence electrons. The Labute approximate surface area is 143 Å². The van der Waals surface area contributed by atoms with Gasteiger partial charge in [-0.25, -0.2) is 4.79 Å². The normalized spacial score (nSPS) is 18.9. The number of halogens is 3. The van der Waals surface area contributed by atoms with Crippen molar-refractivity contribution in [2.45, 2.75) is 6.04 Å². The maximum absolute atomic E-state index is 12.6. The number of thioether (sulfide) groups is 1. The number of hydrogen-bond acceptors (Lipinski definition) is 3. The van der Waals surface area contributed by atoms with Gasteiger partial charge in [0.2, 0.25) is 0 Å². The minimum Gasteiger partial charge on any atom is -0.480 e.